The van der Waals surface area contributed by atoms with E-state index in [1.54, 1.807) is 48.5 Å². The number of nitrogens with two attached hydrogens (primary N) is 1. The van der Waals surface area contributed by atoms with Crippen LogP contribution >= 0.6 is 0 Å². The molecule has 1 aromatic heterocycles. The molecule has 0 saturated heterocycles. The summed E-state index contributed by atoms with van der Waals surface area (Å²) in [5.41, 5.74) is 7.91. The van der Waals surface area contributed by atoms with Crippen molar-refractivity contribution < 1.29 is 23.0 Å². The van der Waals surface area contributed by atoms with Crippen LogP contribution in [-0.4, -0.2) is 17.9 Å². The predicted octanol–water partition coefficient (Wildman–Crippen LogP) is 6.49. The summed E-state index contributed by atoms with van der Waals surface area (Å²) in [6.45, 7) is 0. The Labute approximate surface area is 245 Å². The molecule has 6 rings (SSSR count). The number of hydrogen-bond acceptors (Lipinski definition) is 8. The minimum absolute atomic E-state index is 0.0784. The number of halogens is 2. The molecule has 0 saturated carbocycles. The molecule has 2 aliphatic rings. The Morgan fingerprint density at radius 2 is 1.70 bits per heavy atom. The van der Waals surface area contributed by atoms with Crippen molar-refractivity contribution in [2.45, 2.75) is 25.2 Å². The minimum Gasteiger partial charge on any atom is -0.497 e. The minimum atomic E-state index is -1.03. The Morgan fingerprint density at radius 1 is 0.977 bits per heavy atom. The number of rotatable bonds is 5. The van der Waals surface area contributed by atoms with Crippen LogP contribution in [0, 0.1) is 34.3 Å². The standard InChI is InChI=1S/C33H23F2N5O3/c1-42-21-12-13-26-19(14-21)15-22(33(39-26)43-20-10-8-18(16-36)9-11-20)29-23(17-37)32(38)40(27-6-3-7-28(41)30(27)29)31-24(34)4-2-5-25(31)35/h2,4-5,8-15,29H,3,6-7,38H2,1H3. The third kappa shape index (κ3) is 4.69. The van der Waals surface area contributed by atoms with Crippen LogP contribution in [0.25, 0.3) is 10.9 Å². The maximum absolute atomic E-state index is 15.1. The van der Waals surface area contributed by atoms with Gasteiger partial charge in [0.2, 0.25) is 5.88 Å². The van der Waals surface area contributed by atoms with E-state index in [0.29, 0.717) is 52.1 Å². The maximum atomic E-state index is 15.1. The van der Waals surface area contributed by atoms with Crippen LogP contribution in [0.4, 0.5) is 14.5 Å². The fourth-order valence-electron chi connectivity index (χ4n) is 5.63. The summed E-state index contributed by atoms with van der Waals surface area (Å²) in [5, 5.41) is 20.3. The van der Waals surface area contributed by atoms with Gasteiger partial charge in [0.05, 0.1) is 41.8 Å². The number of carbonyl (C=O) groups is 1. The first-order valence-corrected chi connectivity index (χ1v) is 13.4. The van der Waals surface area contributed by atoms with Gasteiger partial charge in [0, 0.05) is 28.6 Å². The lowest BCUT2D eigenvalue weighted by Gasteiger charge is -2.39. The number of nitrogens with zero attached hydrogens (tertiary/aromatic N) is 4. The van der Waals surface area contributed by atoms with Gasteiger partial charge in [-0.3, -0.25) is 9.69 Å². The molecule has 2 heterocycles. The summed E-state index contributed by atoms with van der Waals surface area (Å²) in [6.07, 6.45) is 0.918. The van der Waals surface area contributed by atoms with Gasteiger partial charge in [0.1, 0.15) is 34.6 Å². The first kappa shape index (κ1) is 27.4. The largest absolute Gasteiger partial charge is 0.497 e. The second-order valence-electron chi connectivity index (χ2n) is 10.1. The molecular formula is C33H23F2N5O3. The van der Waals surface area contributed by atoms with Gasteiger partial charge in [-0.25, -0.2) is 13.8 Å². The Hall–Kier alpha value is -5.74. The van der Waals surface area contributed by atoms with Crippen LogP contribution in [0.3, 0.4) is 0 Å². The Kier molecular flexibility index (Phi) is 6.96. The monoisotopic (exact) mass is 575 g/mol. The number of aromatic nitrogens is 1. The molecule has 1 unspecified atom stereocenters. The number of nitriles is 2. The van der Waals surface area contributed by atoms with E-state index < -0.39 is 23.2 Å². The lowest BCUT2D eigenvalue weighted by Crippen LogP contribution is -2.39. The van der Waals surface area contributed by atoms with Crippen LogP contribution in [0.5, 0.6) is 17.4 Å². The average Bonchev–Trinajstić information content (AvgIpc) is 3.01. The van der Waals surface area contributed by atoms with Crippen molar-refractivity contribution in [1.29, 1.82) is 10.5 Å². The fraction of sp³-hybridized carbons (Fsp3) is 0.152. The number of ether oxygens (including phenoxy) is 2. The zero-order valence-corrected chi connectivity index (χ0v) is 22.9. The SMILES string of the molecule is COc1ccc2nc(Oc3ccc(C#N)cc3)c(C3C(C#N)=C(N)N(c4c(F)cccc4F)C4=C3C(=O)CCC4)cc2c1. The highest BCUT2D eigenvalue weighted by molar-refractivity contribution is 6.01. The molecule has 4 aromatic rings. The molecular weight excluding hydrogens is 552 g/mol. The number of allylic oxidation sites excluding steroid dienone is 3. The molecule has 10 heteroatoms. The topological polar surface area (TPSA) is 125 Å². The van der Waals surface area contributed by atoms with Gasteiger partial charge in [-0.1, -0.05) is 6.07 Å². The van der Waals surface area contributed by atoms with E-state index in [2.05, 4.69) is 12.1 Å². The zero-order chi connectivity index (χ0) is 30.2. The maximum Gasteiger partial charge on any atom is 0.224 e. The van der Waals surface area contributed by atoms with E-state index in [1.807, 2.05) is 0 Å². The van der Waals surface area contributed by atoms with Crippen LogP contribution in [0.2, 0.25) is 0 Å². The molecule has 2 N–H and O–H groups in total. The van der Waals surface area contributed by atoms with Crippen molar-refractivity contribution in [3.05, 3.63) is 112 Å². The number of carbonyl (C=O) groups excluding carboxylic acids is 1. The molecule has 0 radical (unpaired) electrons. The number of hydrogen-bond donors (Lipinski definition) is 1. The molecule has 43 heavy (non-hydrogen) atoms. The predicted molar refractivity (Wildman–Crippen MR) is 154 cm³/mol. The van der Waals surface area contributed by atoms with E-state index in [1.165, 1.54) is 13.2 Å². The van der Waals surface area contributed by atoms with E-state index >= 15 is 8.78 Å². The third-order valence-corrected chi connectivity index (χ3v) is 7.60. The molecule has 3 aromatic carbocycles. The van der Waals surface area contributed by atoms with Gasteiger partial charge in [0.15, 0.2) is 5.78 Å². The molecule has 0 amide bonds. The molecule has 8 nitrogen and oxygen atoms in total. The summed E-state index contributed by atoms with van der Waals surface area (Å²) < 4.78 is 41.8. The van der Waals surface area contributed by atoms with Crippen molar-refractivity contribution in [3.63, 3.8) is 0 Å². The summed E-state index contributed by atoms with van der Waals surface area (Å²) in [6, 6.07) is 21.0. The number of methoxy groups -OCH3 is 1. The number of Topliss-reactive ketones (excluding diaryl/α,β-unsaturated/α-hetero) is 1. The highest BCUT2D eigenvalue weighted by Gasteiger charge is 2.43. The molecule has 0 spiro atoms. The summed E-state index contributed by atoms with van der Waals surface area (Å²) in [7, 11) is 1.53. The second-order valence-corrected chi connectivity index (χ2v) is 10.1. The number of para-hydroxylation sites is 1. The van der Waals surface area contributed by atoms with Crippen LogP contribution in [-0.2, 0) is 4.79 Å². The van der Waals surface area contributed by atoms with E-state index in [0.717, 1.165) is 17.0 Å². The molecule has 1 aliphatic heterocycles. The van der Waals surface area contributed by atoms with Crippen LogP contribution < -0.4 is 20.1 Å². The Balaban J connectivity index is 1.62. The van der Waals surface area contributed by atoms with E-state index in [9.17, 15) is 15.3 Å². The van der Waals surface area contributed by atoms with Gasteiger partial charge in [0.25, 0.3) is 0 Å². The second kappa shape index (κ2) is 10.9. The highest BCUT2D eigenvalue weighted by Crippen LogP contribution is 2.49. The first-order chi connectivity index (χ1) is 20.8. The third-order valence-electron chi connectivity index (χ3n) is 7.60. The van der Waals surface area contributed by atoms with Crippen molar-refractivity contribution in [2.75, 3.05) is 12.0 Å². The molecule has 0 fully saturated rings. The Bertz CT molecular complexity index is 1930. The normalized spacial score (nSPS) is 16.5. The van der Waals surface area contributed by atoms with Crippen molar-refractivity contribution in [1.82, 2.24) is 4.98 Å². The summed E-state index contributed by atoms with van der Waals surface area (Å²) in [4.78, 5) is 19.6. The zero-order valence-electron chi connectivity index (χ0n) is 22.9. The highest BCUT2D eigenvalue weighted by atomic mass is 19.1. The lowest BCUT2D eigenvalue weighted by atomic mass is 9.75. The number of fused-ring (bicyclic) bond motifs is 1. The average molecular weight is 576 g/mol. The van der Waals surface area contributed by atoms with Crippen molar-refractivity contribution >= 4 is 22.4 Å². The van der Waals surface area contributed by atoms with E-state index in [4.69, 9.17) is 20.2 Å². The summed E-state index contributed by atoms with van der Waals surface area (Å²) >= 11 is 0. The van der Waals surface area contributed by atoms with Crippen LogP contribution in [0.1, 0.15) is 36.3 Å². The van der Waals surface area contributed by atoms with Gasteiger partial charge >= 0.3 is 0 Å². The smallest absolute Gasteiger partial charge is 0.224 e. The molecule has 212 valence electrons. The fourth-order valence-corrected chi connectivity index (χ4v) is 5.63. The molecule has 1 atom stereocenters. The van der Waals surface area contributed by atoms with Gasteiger partial charge in [-0.2, -0.15) is 10.5 Å². The van der Waals surface area contributed by atoms with Gasteiger partial charge < -0.3 is 15.2 Å². The first-order valence-electron chi connectivity index (χ1n) is 13.4. The molecule has 0 bridgehead atoms. The quantitative estimate of drug-likeness (QED) is 0.286. The van der Waals surface area contributed by atoms with Gasteiger partial charge in [-0.05, 0) is 73.5 Å². The van der Waals surface area contributed by atoms with E-state index in [-0.39, 0.29) is 35.1 Å². The number of anilines is 1. The lowest BCUT2D eigenvalue weighted by molar-refractivity contribution is -0.116. The van der Waals surface area contributed by atoms with Crippen molar-refractivity contribution in [2.24, 2.45) is 5.73 Å². The summed E-state index contributed by atoms with van der Waals surface area (Å²) in [5.74, 6) is -2.23. The number of ketones is 1. The Morgan fingerprint density at radius 3 is 2.37 bits per heavy atom. The van der Waals surface area contributed by atoms with Gasteiger partial charge in [-0.15, -0.1) is 0 Å². The number of benzene rings is 3. The number of pyridine rings is 1. The van der Waals surface area contributed by atoms with Crippen LogP contribution in [0.15, 0.2) is 89.4 Å². The molecule has 1 aliphatic carbocycles. The van der Waals surface area contributed by atoms with Crippen molar-refractivity contribution in [3.8, 4) is 29.5 Å².